The van der Waals surface area contributed by atoms with Crippen LogP contribution in [-0.4, -0.2) is 50.0 Å². The predicted molar refractivity (Wildman–Crippen MR) is 171 cm³/mol. The van der Waals surface area contributed by atoms with E-state index < -0.39 is 16.1 Å². The van der Waals surface area contributed by atoms with Crippen molar-refractivity contribution in [1.82, 2.24) is 10.2 Å². The molecule has 0 saturated heterocycles. The molecule has 42 heavy (non-hydrogen) atoms. The van der Waals surface area contributed by atoms with Crippen LogP contribution in [0.3, 0.4) is 0 Å². The summed E-state index contributed by atoms with van der Waals surface area (Å²) in [7, 11) is -3.58. The molecule has 226 valence electrons. The van der Waals surface area contributed by atoms with Gasteiger partial charge in [-0.1, -0.05) is 67.1 Å². The maximum absolute atomic E-state index is 13.9. The van der Waals surface area contributed by atoms with Gasteiger partial charge in [0.05, 0.1) is 11.9 Å². The van der Waals surface area contributed by atoms with Gasteiger partial charge in [0, 0.05) is 37.0 Å². The van der Waals surface area contributed by atoms with E-state index in [1.165, 1.54) is 10.6 Å². The number of hydrogen-bond acceptors (Lipinski definition) is 4. The van der Waals surface area contributed by atoms with Crippen molar-refractivity contribution in [2.45, 2.75) is 72.0 Å². The van der Waals surface area contributed by atoms with Crippen LogP contribution in [0.5, 0.6) is 0 Å². The van der Waals surface area contributed by atoms with E-state index in [-0.39, 0.29) is 43.8 Å². The van der Waals surface area contributed by atoms with Crippen molar-refractivity contribution in [3.05, 3.63) is 100 Å². The molecule has 2 amide bonds. The lowest BCUT2D eigenvalue weighted by molar-refractivity contribution is -0.141. The van der Waals surface area contributed by atoms with Crippen LogP contribution in [0.25, 0.3) is 0 Å². The SMILES string of the molecule is CC[C@@H](C)NC(=O)[C@@H](Cc1ccccc1)N(Cc1cccc(Cl)c1)C(=O)CCCN(c1ccc(C)c(C)c1)S(C)(=O)=O. The fourth-order valence-electron chi connectivity index (χ4n) is 4.71. The molecule has 2 atom stereocenters. The van der Waals surface area contributed by atoms with Gasteiger partial charge in [-0.25, -0.2) is 8.42 Å². The standard InChI is InChI=1S/C33H42ClN3O4S/c1-6-26(4)35-33(39)31(22-27-12-8-7-9-13-27)36(23-28-14-10-15-29(34)21-28)32(38)16-11-19-37(42(5,40)41)30-18-17-24(2)25(3)20-30/h7-10,12-15,17-18,20-21,26,31H,6,11,16,19,22-23H2,1-5H3,(H,35,39)/t26-,31-/m1/s1. The number of sulfonamides is 1. The third-order valence-corrected chi connectivity index (χ3v) is 8.87. The molecule has 7 nitrogen and oxygen atoms in total. The first kappa shape index (κ1) is 33.1. The van der Waals surface area contributed by atoms with Gasteiger partial charge in [-0.3, -0.25) is 13.9 Å². The average Bonchev–Trinajstić information content (AvgIpc) is 2.94. The highest BCUT2D eigenvalue weighted by atomic mass is 35.5. The third-order valence-electron chi connectivity index (χ3n) is 7.44. The summed E-state index contributed by atoms with van der Waals surface area (Å²) in [5.41, 5.74) is 4.36. The fraction of sp³-hybridized carbons (Fsp3) is 0.394. The van der Waals surface area contributed by atoms with Crippen molar-refractivity contribution >= 4 is 39.1 Å². The Bertz CT molecular complexity index is 1460. The number of halogens is 1. The molecule has 0 radical (unpaired) electrons. The number of amides is 2. The first-order valence-corrected chi connectivity index (χ1v) is 16.5. The molecule has 0 fully saturated rings. The zero-order chi connectivity index (χ0) is 30.9. The molecule has 0 aliphatic heterocycles. The van der Waals surface area contributed by atoms with Crippen LogP contribution in [-0.2, 0) is 32.6 Å². The van der Waals surface area contributed by atoms with E-state index >= 15 is 0 Å². The predicted octanol–water partition coefficient (Wildman–Crippen LogP) is 6.06. The monoisotopic (exact) mass is 611 g/mol. The fourth-order valence-corrected chi connectivity index (χ4v) is 5.88. The summed E-state index contributed by atoms with van der Waals surface area (Å²) >= 11 is 6.26. The Kier molecular flexibility index (Phi) is 12.0. The lowest BCUT2D eigenvalue weighted by Crippen LogP contribution is -2.52. The molecule has 0 aromatic heterocycles. The van der Waals surface area contributed by atoms with Crippen LogP contribution < -0.4 is 9.62 Å². The Morgan fingerprint density at radius 3 is 2.24 bits per heavy atom. The van der Waals surface area contributed by atoms with Gasteiger partial charge in [0.25, 0.3) is 0 Å². The van der Waals surface area contributed by atoms with E-state index in [1.807, 2.05) is 82.3 Å². The van der Waals surface area contributed by atoms with Crippen molar-refractivity contribution in [3.8, 4) is 0 Å². The molecule has 1 N–H and O–H groups in total. The minimum atomic E-state index is -3.58. The van der Waals surface area contributed by atoms with Gasteiger partial charge in [0.15, 0.2) is 0 Å². The first-order valence-electron chi connectivity index (χ1n) is 14.3. The summed E-state index contributed by atoms with van der Waals surface area (Å²) in [4.78, 5) is 29.2. The Balaban J connectivity index is 1.90. The van der Waals surface area contributed by atoms with Crippen molar-refractivity contribution in [2.75, 3.05) is 17.1 Å². The van der Waals surface area contributed by atoms with Crippen LogP contribution in [0.4, 0.5) is 5.69 Å². The van der Waals surface area contributed by atoms with Gasteiger partial charge in [0.2, 0.25) is 21.8 Å². The highest BCUT2D eigenvalue weighted by Crippen LogP contribution is 2.23. The van der Waals surface area contributed by atoms with E-state index in [2.05, 4.69) is 5.32 Å². The van der Waals surface area contributed by atoms with Crippen LogP contribution in [0.15, 0.2) is 72.8 Å². The lowest BCUT2D eigenvalue weighted by atomic mass is 10.0. The number of nitrogens with zero attached hydrogens (tertiary/aromatic N) is 2. The van der Waals surface area contributed by atoms with Gasteiger partial charge in [-0.15, -0.1) is 0 Å². The van der Waals surface area contributed by atoms with Crippen LogP contribution in [0.2, 0.25) is 5.02 Å². The van der Waals surface area contributed by atoms with E-state index in [0.29, 0.717) is 17.1 Å². The molecule has 0 spiro atoms. The van der Waals surface area contributed by atoms with Crippen LogP contribution in [0.1, 0.15) is 55.4 Å². The Labute approximate surface area is 255 Å². The van der Waals surface area contributed by atoms with Crippen molar-refractivity contribution in [3.63, 3.8) is 0 Å². The van der Waals surface area contributed by atoms with Crippen molar-refractivity contribution in [1.29, 1.82) is 0 Å². The van der Waals surface area contributed by atoms with E-state index in [0.717, 1.165) is 28.7 Å². The van der Waals surface area contributed by atoms with Crippen molar-refractivity contribution in [2.24, 2.45) is 0 Å². The number of benzene rings is 3. The third kappa shape index (κ3) is 9.60. The molecule has 0 unspecified atom stereocenters. The summed E-state index contributed by atoms with van der Waals surface area (Å²) in [5, 5.41) is 3.60. The number of anilines is 1. The highest BCUT2D eigenvalue weighted by molar-refractivity contribution is 7.92. The zero-order valence-electron chi connectivity index (χ0n) is 25.1. The summed E-state index contributed by atoms with van der Waals surface area (Å²) in [6, 6.07) is 21.6. The topological polar surface area (TPSA) is 86.8 Å². The summed E-state index contributed by atoms with van der Waals surface area (Å²) in [6.07, 6.45) is 2.62. The minimum Gasteiger partial charge on any atom is -0.352 e. The molecule has 3 aromatic carbocycles. The molecule has 0 aliphatic carbocycles. The summed E-state index contributed by atoms with van der Waals surface area (Å²) in [6.45, 7) is 8.18. The number of aryl methyl sites for hydroxylation is 2. The minimum absolute atomic E-state index is 0.0554. The largest absolute Gasteiger partial charge is 0.352 e. The number of rotatable bonds is 14. The van der Waals surface area contributed by atoms with Gasteiger partial charge in [-0.2, -0.15) is 0 Å². The second-order valence-electron chi connectivity index (χ2n) is 10.9. The summed E-state index contributed by atoms with van der Waals surface area (Å²) < 4.78 is 26.8. The quantitative estimate of drug-likeness (QED) is 0.240. The number of nitrogens with one attached hydrogen (secondary N) is 1. The number of carbonyl (C=O) groups is 2. The Morgan fingerprint density at radius 2 is 1.62 bits per heavy atom. The lowest BCUT2D eigenvalue weighted by Gasteiger charge is -2.33. The van der Waals surface area contributed by atoms with Gasteiger partial charge in [0.1, 0.15) is 6.04 Å². The van der Waals surface area contributed by atoms with Gasteiger partial charge in [-0.05, 0) is 80.1 Å². The molecule has 3 rings (SSSR count). The van der Waals surface area contributed by atoms with Crippen LogP contribution >= 0.6 is 11.6 Å². The van der Waals surface area contributed by atoms with Crippen molar-refractivity contribution < 1.29 is 18.0 Å². The maximum atomic E-state index is 13.9. The average molecular weight is 612 g/mol. The number of carbonyl (C=O) groups excluding carboxylic acids is 2. The van der Waals surface area contributed by atoms with E-state index in [9.17, 15) is 18.0 Å². The Morgan fingerprint density at radius 1 is 0.929 bits per heavy atom. The molecule has 0 bridgehead atoms. The molecular weight excluding hydrogens is 570 g/mol. The van der Waals surface area contributed by atoms with Gasteiger partial charge < -0.3 is 10.2 Å². The molecule has 9 heteroatoms. The second-order valence-corrected chi connectivity index (χ2v) is 13.2. The first-order chi connectivity index (χ1) is 19.9. The molecule has 3 aromatic rings. The second kappa shape index (κ2) is 15.2. The molecule has 0 aliphatic rings. The molecular formula is C33H42ClN3O4S. The summed E-state index contributed by atoms with van der Waals surface area (Å²) in [5.74, 6) is -0.458. The van der Waals surface area contributed by atoms with Crippen LogP contribution in [0, 0.1) is 13.8 Å². The van der Waals surface area contributed by atoms with E-state index in [4.69, 9.17) is 11.6 Å². The highest BCUT2D eigenvalue weighted by Gasteiger charge is 2.31. The normalized spacial score (nSPS) is 12.8. The van der Waals surface area contributed by atoms with Gasteiger partial charge >= 0.3 is 0 Å². The Hall–Kier alpha value is -3.36. The molecule has 0 saturated carbocycles. The zero-order valence-corrected chi connectivity index (χ0v) is 26.7. The number of hydrogen-bond donors (Lipinski definition) is 1. The smallest absolute Gasteiger partial charge is 0.243 e. The maximum Gasteiger partial charge on any atom is 0.243 e. The van der Waals surface area contributed by atoms with E-state index in [1.54, 1.807) is 23.1 Å². The molecule has 0 heterocycles.